The lowest BCUT2D eigenvalue weighted by Gasteiger charge is -2.08. The molecule has 10 nitrogen and oxygen atoms in total. The number of halogens is 1. The Hall–Kier alpha value is -3.57. The molecular formula is C19H17ClN8O2S. The van der Waals surface area contributed by atoms with Gasteiger partial charge < -0.3 is 21.5 Å². The van der Waals surface area contributed by atoms with E-state index in [1.54, 1.807) is 31.2 Å². The molecule has 0 saturated heterocycles. The van der Waals surface area contributed by atoms with Crippen LogP contribution in [-0.4, -0.2) is 30.9 Å². The van der Waals surface area contributed by atoms with Crippen LogP contribution in [0, 0.1) is 13.8 Å². The molecular weight excluding hydrogens is 440 g/mol. The van der Waals surface area contributed by atoms with Gasteiger partial charge in [-0.25, -0.2) is 14.8 Å². The van der Waals surface area contributed by atoms with Crippen LogP contribution in [0.3, 0.4) is 0 Å². The van der Waals surface area contributed by atoms with Gasteiger partial charge in [-0.05, 0) is 38.1 Å². The number of anilines is 4. The van der Waals surface area contributed by atoms with E-state index in [4.69, 9.17) is 27.8 Å². The quantitative estimate of drug-likeness (QED) is 0.380. The van der Waals surface area contributed by atoms with E-state index >= 15 is 0 Å². The molecule has 4 rings (SSSR count). The molecule has 0 spiro atoms. The summed E-state index contributed by atoms with van der Waals surface area (Å²) in [4.78, 5) is 34.4. The molecule has 12 heteroatoms. The molecule has 158 valence electrons. The molecule has 3 heterocycles. The second kappa shape index (κ2) is 8.28. The van der Waals surface area contributed by atoms with Gasteiger partial charge >= 0.3 is 5.97 Å². The van der Waals surface area contributed by atoms with Crippen LogP contribution < -0.4 is 16.8 Å². The largest absolute Gasteiger partial charge is 0.453 e. The summed E-state index contributed by atoms with van der Waals surface area (Å²) >= 11 is 7.04. The lowest BCUT2D eigenvalue weighted by Crippen LogP contribution is -2.11. The van der Waals surface area contributed by atoms with Crippen molar-refractivity contribution in [3.8, 4) is 0 Å². The van der Waals surface area contributed by atoms with Gasteiger partial charge in [0.1, 0.15) is 15.5 Å². The maximum absolute atomic E-state index is 12.6. The summed E-state index contributed by atoms with van der Waals surface area (Å²) < 4.78 is 5.36. The van der Waals surface area contributed by atoms with Crippen molar-refractivity contribution in [2.75, 3.05) is 16.8 Å². The highest BCUT2D eigenvalue weighted by Gasteiger charge is 2.21. The number of thiophene rings is 1. The molecule has 5 N–H and O–H groups in total. The van der Waals surface area contributed by atoms with Crippen LogP contribution in [0.2, 0.25) is 5.02 Å². The number of benzene rings is 1. The van der Waals surface area contributed by atoms with Crippen LogP contribution >= 0.6 is 22.9 Å². The topological polar surface area (TPSA) is 155 Å². The lowest BCUT2D eigenvalue weighted by atomic mass is 10.2. The van der Waals surface area contributed by atoms with E-state index in [0.717, 1.165) is 11.3 Å². The van der Waals surface area contributed by atoms with Crippen LogP contribution in [0.1, 0.15) is 27.0 Å². The molecule has 0 fully saturated rings. The third-order valence-corrected chi connectivity index (χ3v) is 5.53. The van der Waals surface area contributed by atoms with Crippen LogP contribution in [0.25, 0.3) is 10.2 Å². The van der Waals surface area contributed by atoms with Gasteiger partial charge in [0.25, 0.3) is 0 Å². The number of hydrogen-bond donors (Lipinski definition) is 3. The highest BCUT2D eigenvalue weighted by molar-refractivity contribution is 7.21. The van der Waals surface area contributed by atoms with E-state index in [0.29, 0.717) is 38.1 Å². The van der Waals surface area contributed by atoms with Gasteiger partial charge in [-0.2, -0.15) is 15.0 Å². The van der Waals surface area contributed by atoms with Gasteiger partial charge in [0, 0.05) is 10.7 Å². The first-order valence-electron chi connectivity index (χ1n) is 9.03. The minimum Gasteiger partial charge on any atom is -0.453 e. The van der Waals surface area contributed by atoms with E-state index in [-0.39, 0.29) is 29.2 Å². The van der Waals surface area contributed by atoms with Crippen LogP contribution in [-0.2, 0) is 11.3 Å². The number of nitrogen functional groups attached to an aromatic ring is 2. The number of aromatic nitrogens is 5. The average molecular weight is 457 g/mol. The number of hydrogen-bond acceptors (Lipinski definition) is 11. The normalized spacial score (nSPS) is 10.9. The minimum absolute atomic E-state index is 0.0136. The number of carbonyl (C=O) groups excluding carboxylic acids is 1. The van der Waals surface area contributed by atoms with Crippen molar-refractivity contribution in [1.29, 1.82) is 0 Å². The molecule has 0 saturated carbocycles. The predicted molar refractivity (Wildman–Crippen MR) is 119 cm³/mol. The van der Waals surface area contributed by atoms with E-state index < -0.39 is 5.97 Å². The molecule has 1 aromatic carbocycles. The zero-order valence-electron chi connectivity index (χ0n) is 16.5. The van der Waals surface area contributed by atoms with Gasteiger partial charge in [-0.3, -0.25) is 0 Å². The Morgan fingerprint density at radius 2 is 1.84 bits per heavy atom. The third-order valence-electron chi connectivity index (χ3n) is 4.20. The highest BCUT2D eigenvalue weighted by Crippen LogP contribution is 2.34. The zero-order valence-corrected chi connectivity index (χ0v) is 18.1. The summed E-state index contributed by atoms with van der Waals surface area (Å²) in [7, 11) is 0. The Morgan fingerprint density at radius 1 is 1.10 bits per heavy atom. The summed E-state index contributed by atoms with van der Waals surface area (Å²) in [5.74, 6) is 0.379. The second-order valence-electron chi connectivity index (χ2n) is 6.52. The number of nitrogens with zero attached hydrogens (tertiary/aromatic N) is 5. The molecule has 0 aliphatic carbocycles. The Kier molecular flexibility index (Phi) is 5.53. The number of fused-ring (bicyclic) bond motifs is 1. The van der Waals surface area contributed by atoms with Crippen molar-refractivity contribution in [3.63, 3.8) is 0 Å². The third kappa shape index (κ3) is 4.47. The van der Waals surface area contributed by atoms with E-state index in [1.165, 1.54) is 0 Å². The van der Waals surface area contributed by atoms with Gasteiger partial charge in [-0.1, -0.05) is 11.6 Å². The van der Waals surface area contributed by atoms with Gasteiger partial charge in [0.05, 0.1) is 16.8 Å². The number of carbonyl (C=O) groups is 1. The Balaban J connectivity index is 1.51. The number of ether oxygens (including phenoxy) is 1. The molecule has 0 atom stereocenters. The van der Waals surface area contributed by atoms with E-state index in [1.807, 2.05) is 6.92 Å². The fourth-order valence-electron chi connectivity index (χ4n) is 2.90. The van der Waals surface area contributed by atoms with Crippen LogP contribution in [0.5, 0.6) is 0 Å². The molecule has 4 aromatic rings. The number of esters is 1. The van der Waals surface area contributed by atoms with Crippen molar-refractivity contribution in [2.24, 2.45) is 0 Å². The summed E-state index contributed by atoms with van der Waals surface area (Å²) in [5, 5.41) is 4.25. The van der Waals surface area contributed by atoms with Gasteiger partial charge in [0.2, 0.25) is 11.9 Å². The SMILES string of the molecule is Cc1nc(C)c2c(N)c(C(=O)OCc3nc(N)nc(Nc4ccc(Cl)cc4)n3)sc2n1. The molecule has 0 unspecified atom stereocenters. The molecule has 0 radical (unpaired) electrons. The summed E-state index contributed by atoms with van der Waals surface area (Å²) in [6.07, 6.45) is 0. The first-order chi connectivity index (χ1) is 14.8. The summed E-state index contributed by atoms with van der Waals surface area (Å²) in [6, 6.07) is 6.97. The molecule has 0 aliphatic rings. The standard InChI is InChI=1S/C19H17ClN8O2S/c1-8-13-14(21)15(31-16(13)24-9(2)23-8)17(29)30-7-12-26-18(22)28-19(27-12)25-11-5-3-10(20)4-6-11/h3-6H,7,21H2,1-2H3,(H3,22,25,26,27,28). The van der Waals surface area contributed by atoms with E-state index in [2.05, 4.69) is 30.2 Å². The smallest absolute Gasteiger partial charge is 0.350 e. The van der Waals surface area contributed by atoms with Gasteiger partial charge in [-0.15, -0.1) is 11.3 Å². The highest BCUT2D eigenvalue weighted by atomic mass is 35.5. The fraction of sp³-hybridized carbons (Fsp3) is 0.158. The van der Waals surface area contributed by atoms with Crippen molar-refractivity contribution >= 4 is 62.4 Å². The predicted octanol–water partition coefficient (Wildman–Crippen LogP) is 3.41. The first kappa shape index (κ1) is 20.7. The summed E-state index contributed by atoms with van der Waals surface area (Å²) in [6.45, 7) is 3.39. The number of aryl methyl sites for hydroxylation is 2. The monoisotopic (exact) mass is 456 g/mol. The van der Waals surface area contributed by atoms with Crippen molar-refractivity contribution in [2.45, 2.75) is 20.5 Å². The number of nitrogens with two attached hydrogens (primary N) is 2. The van der Waals surface area contributed by atoms with Gasteiger partial charge in [0.15, 0.2) is 12.4 Å². The maximum Gasteiger partial charge on any atom is 0.350 e. The van der Waals surface area contributed by atoms with Crippen LogP contribution in [0.15, 0.2) is 24.3 Å². The molecule has 0 bridgehead atoms. The first-order valence-corrected chi connectivity index (χ1v) is 10.2. The maximum atomic E-state index is 12.6. The Bertz CT molecular complexity index is 1290. The molecule has 0 amide bonds. The zero-order chi connectivity index (χ0) is 22.1. The Morgan fingerprint density at radius 3 is 2.58 bits per heavy atom. The van der Waals surface area contributed by atoms with Crippen molar-refractivity contribution in [1.82, 2.24) is 24.9 Å². The number of nitrogens with one attached hydrogen (secondary N) is 1. The molecule has 31 heavy (non-hydrogen) atoms. The Labute approximate surface area is 185 Å². The molecule has 3 aromatic heterocycles. The van der Waals surface area contributed by atoms with Crippen LogP contribution in [0.4, 0.5) is 23.3 Å². The van der Waals surface area contributed by atoms with Crippen molar-refractivity contribution < 1.29 is 9.53 Å². The average Bonchev–Trinajstić information content (AvgIpc) is 3.04. The second-order valence-corrected chi connectivity index (χ2v) is 7.96. The lowest BCUT2D eigenvalue weighted by molar-refractivity contribution is 0.0469. The van der Waals surface area contributed by atoms with E-state index in [9.17, 15) is 4.79 Å². The fourth-order valence-corrected chi connectivity index (χ4v) is 4.11. The minimum atomic E-state index is -0.608. The summed E-state index contributed by atoms with van der Waals surface area (Å²) in [5.41, 5.74) is 13.6. The van der Waals surface area contributed by atoms with Crippen molar-refractivity contribution in [3.05, 3.63) is 51.5 Å². The number of rotatable bonds is 5. The molecule has 0 aliphatic heterocycles.